The summed E-state index contributed by atoms with van der Waals surface area (Å²) in [5.74, 6) is -1.28. The molecule has 0 radical (unpaired) electrons. The molecule has 1 aliphatic carbocycles. The monoisotopic (exact) mass is 1830 g/mol. The number of fused-ring (bicyclic) bond motifs is 4. The molecule has 712 valence electrons. The minimum Gasteiger partial charge on any atom is -0.457 e. The molecule has 20 heteroatoms. The van der Waals surface area contributed by atoms with E-state index in [1.165, 1.54) is 209 Å². The Bertz CT molecular complexity index is 5720. The summed E-state index contributed by atoms with van der Waals surface area (Å²) in [5, 5.41) is 0. The van der Waals surface area contributed by atoms with Crippen LogP contribution in [-0.2, 0) is 83.4 Å². The molecule has 6 heterocycles. The van der Waals surface area contributed by atoms with E-state index in [9.17, 15) is 57.5 Å². The van der Waals surface area contributed by atoms with E-state index in [1.807, 2.05) is 67.5 Å². The SMILES string of the molecule is CCCCCCC.CCCCCCCCC.CCc1cc(Cc2cc(CC)c(N3C(=O)c4ccc(Oc5ccc6c(c5)C(=O)N(C)C6=O)cc4C3=O)c(CC)c2)cc(CC)c1N1C(=O)C=CC1=O.CCc1cc(Cc2cc(CC)c(N3C(=O)c4ccc(Oc5ccc6c(c5)C(=O)N(CCCCCCCCC5CCCCC5CC)C6=O)cc4C3=O)c(CC)c2)cc(CC)c1N1C(=O)C=CC1=O. The van der Waals surface area contributed by atoms with Crippen molar-refractivity contribution in [2.24, 2.45) is 11.8 Å². The maximum atomic E-state index is 14.3. The number of hydrogen-bond acceptors (Lipinski definition) is 14. The molecule has 20 nitrogen and oxygen atoms in total. The standard InChI is InChI=1S/C57H65N3O7.C42H37N3O7.C9H20.C7H16/c1-6-38-19-16-17-21-43(38)20-15-13-11-12-14-18-28-58-54(63)46-24-22-44(34-48(46)55(58)64)67-45-23-25-47-49(35-45)57(66)60(56(47)65)53-41(9-4)32-37(33-42(53)10-5)29-36-30-39(7-2)52(40(8-3)31-36)59-50(61)26-27-51(59)62;1-6-25-17-23(18-26(7-2)37(25)44-35(46)14-15-36(44)47)16-24-19-27(8-3)38(28(9-4)20-24)45-41(50)32-13-11-30(22-34(32)42(45)51)52-29-10-12-31-33(21-29)40(49)43(5)39(31)48;1-3-5-7-9-8-6-4-2;1-3-5-7-6-4-2/h22-27,30-35,38,43H,6-21,28-29H2,1-5H3;10-15,17-22H,6-9,16H2,1-5H3;3-9H2,1-2H3;3-7H2,1-2H3. The average Bonchev–Trinajstić information content (AvgIpc) is 1.53. The first-order valence-corrected chi connectivity index (χ1v) is 50.4. The molecule has 0 bridgehead atoms. The smallest absolute Gasteiger partial charge is 0.266 e. The van der Waals surface area contributed by atoms with Gasteiger partial charge in [-0.25, -0.2) is 19.6 Å². The van der Waals surface area contributed by atoms with Gasteiger partial charge < -0.3 is 9.47 Å². The van der Waals surface area contributed by atoms with E-state index >= 15 is 0 Å². The first kappa shape index (κ1) is 102. The van der Waals surface area contributed by atoms with Crippen molar-refractivity contribution in [3.8, 4) is 23.0 Å². The molecule has 0 spiro atoms. The van der Waals surface area contributed by atoms with Crippen molar-refractivity contribution < 1.29 is 67.0 Å². The zero-order valence-electron chi connectivity index (χ0n) is 82.2. The summed E-state index contributed by atoms with van der Waals surface area (Å²) >= 11 is 0. The third kappa shape index (κ3) is 22.9. The topological polar surface area (TPSA) is 243 Å². The third-order valence-electron chi connectivity index (χ3n) is 27.6. The fourth-order valence-corrected chi connectivity index (χ4v) is 20.2. The Morgan fingerprint density at radius 2 is 0.519 bits per heavy atom. The molecule has 1 saturated carbocycles. The van der Waals surface area contributed by atoms with Gasteiger partial charge in [0.1, 0.15) is 23.0 Å². The summed E-state index contributed by atoms with van der Waals surface area (Å²) in [4.78, 5) is 166. The van der Waals surface area contributed by atoms with Crippen molar-refractivity contribution in [1.82, 2.24) is 9.80 Å². The van der Waals surface area contributed by atoms with Crippen LogP contribution in [0.15, 0.2) is 146 Å². The minimum absolute atomic E-state index is 0.215. The summed E-state index contributed by atoms with van der Waals surface area (Å²) in [6.45, 7) is 27.8. The number of hydrogen-bond donors (Lipinski definition) is 0. The zero-order chi connectivity index (χ0) is 96.8. The van der Waals surface area contributed by atoms with E-state index in [0.29, 0.717) is 133 Å². The lowest BCUT2D eigenvalue weighted by atomic mass is 9.75. The van der Waals surface area contributed by atoms with Crippen LogP contribution in [0.25, 0.3) is 0 Å². The summed E-state index contributed by atoms with van der Waals surface area (Å²) in [6.07, 6.45) is 43.1. The lowest BCUT2D eigenvalue weighted by Gasteiger charge is -2.30. The molecule has 2 atom stereocenters. The van der Waals surface area contributed by atoms with Crippen LogP contribution in [0.2, 0.25) is 0 Å². The van der Waals surface area contributed by atoms with Gasteiger partial charge in [-0.15, -0.1) is 0 Å². The summed E-state index contributed by atoms with van der Waals surface area (Å²) < 4.78 is 12.2. The van der Waals surface area contributed by atoms with Gasteiger partial charge in [0.2, 0.25) is 0 Å². The predicted octanol–water partition coefficient (Wildman–Crippen LogP) is 25.6. The molecule has 135 heavy (non-hydrogen) atoms. The molecule has 2 unspecified atom stereocenters. The van der Waals surface area contributed by atoms with Crippen LogP contribution in [0.1, 0.15) is 394 Å². The molecule has 0 N–H and O–H groups in total. The molecule has 0 saturated heterocycles. The molecule has 6 aliphatic heterocycles. The Hall–Kier alpha value is -12.3. The van der Waals surface area contributed by atoms with Crippen LogP contribution in [-0.4, -0.2) is 94.3 Å². The number of imide groups is 6. The Labute approximate surface area is 799 Å². The second-order valence-electron chi connectivity index (χ2n) is 36.7. The number of nitrogens with zero attached hydrogens (tertiary/aromatic N) is 6. The second kappa shape index (κ2) is 47.7. The van der Waals surface area contributed by atoms with Crippen LogP contribution in [0.4, 0.5) is 22.7 Å². The Kier molecular flexibility index (Phi) is 35.9. The summed E-state index contributed by atoms with van der Waals surface area (Å²) in [6, 6.07) is 35.5. The van der Waals surface area contributed by atoms with E-state index < -0.39 is 29.5 Å². The highest BCUT2D eigenvalue weighted by Gasteiger charge is 2.43. The van der Waals surface area contributed by atoms with Gasteiger partial charge in [-0.1, -0.05) is 286 Å². The largest absolute Gasteiger partial charge is 0.457 e. The number of ether oxygens (including phenoxy) is 2. The van der Waals surface area contributed by atoms with Gasteiger partial charge in [0, 0.05) is 37.9 Å². The molecule has 12 amide bonds. The van der Waals surface area contributed by atoms with Crippen LogP contribution < -0.4 is 29.1 Å². The molecular formula is C115H138N6O14. The van der Waals surface area contributed by atoms with Gasteiger partial charge in [0.15, 0.2) is 0 Å². The van der Waals surface area contributed by atoms with Gasteiger partial charge in [0.25, 0.3) is 70.9 Å². The molecular weight excluding hydrogens is 1690 g/mol. The third-order valence-corrected chi connectivity index (χ3v) is 27.6. The molecule has 0 aromatic heterocycles. The minimum atomic E-state index is -0.449. The van der Waals surface area contributed by atoms with Crippen LogP contribution in [0, 0.1) is 11.8 Å². The lowest BCUT2D eigenvalue weighted by molar-refractivity contribution is -0.121. The maximum absolute atomic E-state index is 14.3. The average molecular weight is 1830 g/mol. The zero-order valence-corrected chi connectivity index (χ0v) is 82.2. The van der Waals surface area contributed by atoms with E-state index in [2.05, 4.69) is 71.0 Å². The molecule has 8 aromatic rings. The van der Waals surface area contributed by atoms with Crippen LogP contribution in [0.5, 0.6) is 23.0 Å². The number of benzene rings is 8. The highest BCUT2D eigenvalue weighted by Crippen LogP contribution is 2.44. The number of carbonyl (C=O) groups is 12. The highest BCUT2D eigenvalue weighted by molar-refractivity contribution is 6.36. The first-order chi connectivity index (χ1) is 65.3. The van der Waals surface area contributed by atoms with Crippen molar-refractivity contribution in [2.45, 2.75) is 308 Å². The summed E-state index contributed by atoms with van der Waals surface area (Å²) in [7, 11) is 1.42. The van der Waals surface area contributed by atoms with E-state index in [-0.39, 0.29) is 69.2 Å². The van der Waals surface area contributed by atoms with Gasteiger partial charge >= 0.3 is 0 Å². The van der Waals surface area contributed by atoms with Gasteiger partial charge in [-0.3, -0.25) is 67.3 Å². The molecule has 15 rings (SSSR count). The quantitative estimate of drug-likeness (QED) is 0.0256. The van der Waals surface area contributed by atoms with Gasteiger partial charge in [-0.2, -0.15) is 0 Å². The van der Waals surface area contributed by atoms with Crippen molar-refractivity contribution in [3.05, 3.63) is 257 Å². The second-order valence-corrected chi connectivity index (χ2v) is 36.7. The predicted molar refractivity (Wildman–Crippen MR) is 536 cm³/mol. The fourth-order valence-electron chi connectivity index (χ4n) is 20.2. The summed E-state index contributed by atoms with van der Waals surface area (Å²) in [5.41, 5.74) is 16.0. The maximum Gasteiger partial charge on any atom is 0.266 e. The van der Waals surface area contributed by atoms with Crippen molar-refractivity contribution in [2.75, 3.05) is 33.2 Å². The van der Waals surface area contributed by atoms with Crippen LogP contribution >= 0.6 is 0 Å². The van der Waals surface area contributed by atoms with E-state index in [4.69, 9.17) is 9.47 Å². The van der Waals surface area contributed by atoms with Crippen molar-refractivity contribution in [3.63, 3.8) is 0 Å². The number of carbonyl (C=O) groups excluding carboxylic acids is 12. The molecule has 7 aliphatic rings. The van der Waals surface area contributed by atoms with Gasteiger partial charge in [-0.05, 0) is 222 Å². The van der Waals surface area contributed by atoms with Crippen LogP contribution in [0.3, 0.4) is 0 Å². The number of anilines is 4. The number of unbranched alkanes of at least 4 members (excludes halogenated alkanes) is 15. The lowest BCUT2D eigenvalue weighted by Crippen LogP contribution is -2.31. The molecule has 1 fully saturated rings. The molecule has 8 aromatic carbocycles. The fraction of sp³-hybridized carbons (Fsp3) is 0.443. The number of rotatable bonds is 40. The number of amides is 12. The first-order valence-electron chi connectivity index (χ1n) is 50.4. The van der Waals surface area contributed by atoms with Crippen molar-refractivity contribution >= 4 is 93.6 Å². The highest BCUT2D eigenvalue weighted by atomic mass is 16.5. The Morgan fingerprint density at radius 3 is 0.844 bits per heavy atom. The van der Waals surface area contributed by atoms with E-state index in [1.54, 1.807) is 54.6 Å². The van der Waals surface area contributed by atoms with Gasteiger partial charge in [0.05, 0.1) is 67.3 Å². The Morgan fingerprint density at radius 1 is 0.267 bits per heavy atom. The number of aryl methyl sites for hydroxylation is 8. The van der Waals surface area contributed by atoms with E-state index in [0.717, 1.165) is 103 Å². The normalized spacial score (nSPS) is 15.9. The Balaban J connectivity index is 0.000000213. The van der Waals surface area contributed by atoms with Crippen molar-refractivity contribution in [1.29, 1.82) is 0 Å².